The number of halogens is 4. The van der Waals surface area contributed by atoms with Gasteiger partial charge in [0.25, 0.3) is 0 Å². The van der Waals surface area contributed by atoms with E-state index in [0.717, 1.165) is 18.3 Å². The highest BCUT2D eigenvalue weighted by molar-refractivity contribution is 6.76. The second kappa shape index (κ2) is 3.02. The molecule has 0 fully saturated rings. The number of benzene rings is 1. The van der Waals surface area contributed by atoms with E-state index in [9.17, 15) is 17.3 Å². The average Bonchev–Trinajstić information content (AvgIpc) is 2.42. The summed E-state index contributed by atoms with van der Waals surface area (Å²) in [5.74, 6) is -0.657. The molecule has 1 nitrogen and oxygen atoms in total. The van der Waals surface area contributed by atoms with E-state index >= 15 is 0 Å². The fourth-order valence-electron chi connectivity index (χ4n) is 1.66. The zero-order valence-corrected chi connectivity index (χ0v) is 7.85. The molecule has 80 valence electrons. The first-order valence-corrected chi connectivity index (χ1v) is 4.34. The fraction of sp³-hybridized carbons (Fsp3) is 0.111. The Morgan fingerprint density at radius 2 is 1.87 bits per heavy atom. The van der Waals surface area contributed by atoms with Crippen LogP contribution in [-0.4, -0.2) is 11.5 Å². The lowest BCUT2D eigenvalue weighted by Gasteiger charge is -2.12. The summed E-state index contributed by atoms with van der Waals surface area (Å²) < 4.78 is 52.0. The van der Waals surface area contributed by atoms with Gasteiger partial charge in [0, 0.05) is 12.6 Å². The van der Waals surface area contributed by atoms with Gasteiger partial charge in [-0.3, -0.25) is 0 Å². The van der Waals surface area contributed by atoms with E-state index in [1.807, 2.05) is 0 Å². The third-order valence-corrected chi connectivity index (χ3v) is 2.33. The highest BCUT2D eigenvalue weighted by Crippen LogP contribution is 2.20. The van der Waals surface area contributed by atoms with Gasteiger partial charge in [-0.05, 0) is 29.8 Å². The number of aryl methyl sites for hydroxylation is 1. The number of fused-ring (bicyclic) bond motifs is 1. The highest BCUT2D eigenvalue weighted by Gasteiger charge is 2.29. The molecule has 0 aliphatic rings. The van der Waals surface area contributed by atoms with Crippen molar-refractivity contribution in [1.82, 2.24) is 4.57 Å². The van der Waals surface area contributed by atoms with Crippen LogP contribution in [0.5, 0.6) is 0 Å². The molecule has 0 saturated carbocycles. The second-order valence-corrected chi connectivity index (χ2v) is 3.43. The van der Waals surface area contributed by atoms with Gasteiger partial charge < -0.3 is 17.5 Å². The van der Waals surface area contributed by atoms with Crippen molar-refractivity contribution in [3.63, 3.8) is 0 Å². The molecule has 0 aliphatic heterocycles. The molecule has 2 rings (SSSR count). The number of aromatic nitrogens is 1. The van der Waals surface area contributed by atoms with Crippen molar-refractivity contribution in [2.75, 3.05) is 0 Å². The average molecular weight is 216 g/mol. The summed E-state index contributed by atoms with van der Waals surface area (Å²) in [5, 5.41) is -0.0787. The van der Waals surface area contributed by atoms with Crippen LogP contribution in [-0.2, 0) is 7.05 Å². The van der Waals surface area contributed by atoms with Gasteiger partial charge in [-0.25, -0.2) is 4.39 Å². The number of nitrogens with zero attached hydrogens (tertiary/aromatic N) is 1. The lowest BCUT2D eigenvalue weighted by molar-refractivity contribution is 0.501. The van der Waals surface area contributed by atoms with Gasteiger partial charge in [0.1, 0.15) is 5.82 Å². The third-order valence-electron chi connectivity index (χ3n) is 2.33. The van der Waals surface area contributed by atoms with E-state index in [2.05, 4.69) is 0 Å². The van der Waals surface area contributed by atoms with Crippen molar-refractivity contribution in [3.8, 4) is 0 Å². The Bertz CT molecular complexity index is 515. The van der Waals surface area contributed by atoms with Crippen molar-refractivity contribution in [1.29, 1.82) is 0 Å². The van der Waals surface area contributed by atoms with Gasteiger partial charge >= 0.3 is 6.98 Å². The molecule has 0 atom stereocenters. The third kappa shape index (κ3) is 1.60. The van der Waals surface area contributed by atoms with Crippen LogP contribution in [0.4, 0.5) is 17.3 Å². The number of rotatable bonds is 1. The molecule has 1 heterocycles. The van der Waals surface area contributed by atoms with Gasteiger partial charge in [0.2, 0.25) is 0 Å². The lowest BCUT2D eigenvalue weighted by Crippen LogP contribution is -2.33. The van der Waals surface area contributed by atoms with Crippen LogP contribution in [0.3, 0.4) is 0 Å². The monoisotopic (exact) mass is 216 g/mol. The molecule has 6 heteroatoms. The van der Waals surface area contributed by atoms with Gasteiger partial charge in [0.05, 0.1) is 0 Å². The first kappa shape index (κ1) is 10.1. The predicted octanol–water partition coefficient (Wildman–Crippen LogP) is 2.37. The van der Waals surface area contributed by atoms with Gasteiger partial charge in [0.15, 0.2) is 0 Å². The van der Waals surface area contributed by atoms with E-state index in [4.69, 9.17) is 0 Å². The molecule has 0 bridgehead atoms. The van der Waals surface area contributed by atoms with Gasteiger partial charge in [-0.1, -0.05) is 5.46 Å². The van der Waals surface area contributed by atoms with Crippen LogP contribution in [0.15, 0.2) is 24.4 Å². The smallest absolute Gasteiger partial charge is 0.445 e. The highest BCUT2D eigenvalue weighted by atomic mass is 19.4. The van der Waals surface area contributed by atoms with E-state index in [-0.39, 0.29) is 5.39 Å². The van der Waals surface area contributed by atoms with Gasteiger partial charge in [-0.15, -0.1) is 0 Å². The maximum atomic E-state index is 12.8. The van der Waals surface area contributed by atoms with Crippen molar-refractivity contribution >= 4 is 23.3 Å². The minimum absolute atomic E-state index is 0.0787. The molecule has 15 heavy (non-hydrogen) atoms. The molecule has 0 N–H and O–H groups in total. The van der Waals surface area contributed by atoms with E-state index in [1.54, 1.807) is 0 Å². The molecular formula is C9H7BF4N-. The summed E-state index contributed by atoms with van der Waals surface area (Å²) >= 11 is 0. The molecule has 2 aromatic rings. The molecule has 0 radical (unpaired) electrons. The topological polar surface area (TPSA) is 4.93 Å². The van der Waals surface area contributed by atoms with Crippen LogP contribution in [0.25, 0.3) is 10.9 Å². The Morgan fingerprint density at radius 3 is 2.47 bits per heavy atom. The standard InChI is InChI=1S/C9H7BF4N/c1-15-5-8(10(12,13)14)7-4-6(11)2-3-9(7)15/h2-5H,1H3/q-1. The zero-order valence-electron chi connectivity index (χ0n) is 7.85. The van der Waals surface area contributed by atoms with Crippen LogP contribution in [0.1, 0.15) is 0 Å². The summed E-state index contributed by atoms with van der Waals surface area (Å²) in [7, 11) is 1.51. The first-order valence-electron chi connectivity index (χ1n) is 4.34. The van der Waals surface area contributed by atoms with Crippen LogP contribution >= 0.6 is 0 Å². The maximum Gasteiger partial charge on any atom is 0.511 e. The van der Waals surface area contributed by atoms with Crippen molar-refractivity contribution in [3.05, 3.63) is 30.2 Å². The molecule has 0 saturated heterocycles. The molecule has 0 spiro atoms. The Hall–Kier alpha value is -1.46. The predicted molar refractivity (Wildman–Crippen MR) is 51.6 cm³/mol. The largest absolute Gasteiger partial charge is 0.511 e. The summed E-state index contributed by atoms with van der Waals surface area (Å²) in [5.41, 5.74) is -0.363. The SMILES string of the molecule is Cn1cc([B-](F)(F)F)c2cc(F)ccc21. The van der Waals surface area contributed by atoms with Crippen molar-refractivity contribution in [2.24, 2.45) is 7.05 Å². The fourth-order valence-corrected chi connectivity index (χ4v) is 1.66. The molecule has 0 aliphatic carbocycles. The summed E-state index contributed by atoms with van der Waals surface area (Å²) in [6.45, 7) is -5.10. The Kier molecular flexibility index (Phi) is 2.03. The van der Waals surface area contributed by atoms with E-state index in [1.165, 1.54) is 17.7 Å². The minimum atomic E-state index is -5.10. The Balaban J connectivity index is 2.81. The normalized spacial score (nSPS) is 12.3. The quantitative estimate of drug-likeness (QED) is 0.509. The maximum absolute atomic E-state index is 12.8. The summed E-state index contributed by atoms with van der Waals surface area (Å²) in [6, 6.07) is 3.41. The summed E-state index contributed by atoms with van der Waals surface area (Å²) in [4.78, 5) is 0. The number of hydrogen-bond donors (Lipinski definition) is 0. The van der Waals surface area contributed by atoms with Crippen molar-refractivity contribution in [2.45, 2.75) is 0 Å². The zero-order chi connectivity index (χ0) is 11.2. The molecule has 0 amide bonds. The number of hydrogen-bond acceptors (Lipinski definition) is 0. The van der Waals surface area contributed by atoms with Crippen LogP contribution in [0.2, 0.25) is 0 Å². The minimum Gasteiger partial charge on any atom is -0.445 e. The van der Waals surface area contributed by atoms with E-state index < -0.39 is 18.3 Å². The van der Waals surface area contributed by atoms with Crippen LogP contribution < -0.4 is 5.46 Å². The van der Waals surface area contributed by atoms with Crippen molar-refractivity contribution < 1.29 is 17.3 Å². The Morgan fingerprint density at radius 1 is 1.20 bits per heavy atom. The molecular weight excluding hydrogens is 209 g/mol. The molecule has 1 aromatic carbocycles. The second-order valence-electron chi connectivity index (χ2n) is 3.43. The van der Waals surface area contributed by atoms with E-state index in [0.29, 0.717) is 5.52 Å². The lowest BCUT2D eigenvalue weighted by atomic mass is 9.80. The van der Waals surface area contributed by atoms with Crippen LogP contribution in [0, 0.1) is 5.82 Å². The molecule has 1 aromatic heterocycles. The first-order chi connectivity index (χ1) is 6.89. The molecule has 0 unspecified atom stereocenters. The summed E-state index contributed by atoms with van der Waals surface area (Å²) in [6.07, 6.45) is 0.990. The van der Waals surface area contributed by atoms with Gasteiger partial charge in [-0.2, -0.15) is 0 Å². The Labute approximate surface area is 83.4 Å².